The summed E-state index contributed by atoms with van der Waals surface area (Å²) in [4.78, 5) is 8.01. The molecule has 6 heteroatoms. The minimum absolute atomic E-state index is 0.375. The van der Waals surface area contributed by atoms with Gasteiger partial charge < -0.3 is 5.73 Å². The Bertz CT molecular complexity index is 482. The molecular weight excluding hydrogens is 238 g/mol. The van der Waals surface area contributed by atoms with Crippen LogP contribution in [0, 0.1) is 0 Å². The quantitative estimate of drug-likeness (QED) is 0.899. The van der Waals surface area contributed by atoms with Gasteiger partial charge in [0.05, 0.1) is 28.6 Å². The maximum atomic E-state index is 6.16. The van der Waals surface area contributed by atoms with Gasteiger partial charge in [-0.1, -0.05) is 18.5 Å². The van der Waals surface area contributed by atoms with E-state index in [4.69, 9.17) is 17.3 Å². The number of aromatic nitrogens is 4. The minimum atomic E-state index is -0.375. The first kappa shape index (κ1) is 12.0. The molecule has 1 unspecified atom stereocenters. The molecule has 2 N–H and O–H groups in total. The highest BCUT2D eigenvalue weighted by Gasteiger charge is 2.19. The molecule has 2 heterocycles. The van der Waals surface area contributed by atoms with Gasteiger partial charge >= 0.3 is 0 Å². The Morgan fingerprint density at radius 3 is 3.00 bits per heavy atom. The topological polar surface area (TPSA) is 69.6 Å². The number of rotatable bonds is 4. The first-order chi connectivity index (χ1) is 8.24. The third kappa shape index (κ3) is 2.45. The van der Waals surface area contributed by atoms with Crippen molar-refractivity contribution in [3.8, 4) is 0 Å². The van der Waals surface area contributed by atoms with Gasteiger partial charge in [-0.25, -0.2) is 9.97 Å². The van der Waals surface area contributed by atoms with E-state index in [0.29, 0.717) is 5.02 Å². The predicted octanol–water partition coefficient (Wildman–Crippen LogP) is 1.78. The SMILES string of the molecule is CCCn1ncc(Cl)c1C(N)c1ccncn1. The van der Waals surface area contributed by atoms with Gasteiger partial charge in [-0.15, -0.1) is 0 Å². The molecule has 0 radical (unpaired) electrons. The lowest BCUT2D eigenvalue weighted by atomic mass is 10.1. The monoisotopic (exact) mass is 251 g/mol. The molecule has 2 aromatic rings. The van der Waals surface area contributed by atoms with Gasteiger partial charge in [0.15, 0.2) is 0 Å². The second-order valence-electron chi connectivity index (χ2n) is 3.71. The van der Waals surface area contributed by atoms with E-state index in [2.05, 4.69) is 22.0 Å². The maximum absolute atomic E-state index is 6.16. The van der Waals surface area contributed by atoms with Gasteiger partial charge in [-0.05, 0) is 12.5 Å². The molecule has 0 saturated carbocycles. The van der Waals surface area contributed by atoms with Crippen molar-refractivity contribution >= 4 is 11.6 Å². The Labute approximate surface area is 105 Å². The highest BCUT2D eigenvalue weighted by Crippen LogP contribution is 2.25. The molecule has 90 valence electrons. The Balaban J connectivity index is 2.36. The highest BCUT2D eigenvalue weighted by molar-refractivity contribution is 6.31. The van der Waals surface area contributed by atoms with Gasteiger partial charge in [0.25, 0.3) is 0 Å². The molecule has 0 aliphatic rings. The Morgan fingerprint density at radius 1 is 1.53 bits per heavy atom. The van der Waals surface area contributed by atoms with Crippen molar-refractivity contribution in [1.82, 2.24) is 19.7 Å². The molecule has 0 amide bonds. The largest absolute Gasteiger partial charge is 0.318 e. The van der Waals surface area contributed by atoms with Gasteiger partial charge in [0.2, 0.25) is 0 Å². The zero-order valence-electron chi connectivity index (χ0n) is 9.55. The predicted molar refractivity (Wildman–Crippen MR) is 65.6 cm³/mol. The Kier molecular flexibility index (Phi) is 3.71. The minimum Gasteiger partial charge on any atom is -0.318 e. The number of hydrogen-bond donors (Lipinski definition) is 1. The van der Waals surface area contributed by atoms with Crippen LogP contribution < -0.4 is 5.73 Å². The molecule has 0 aliphatic carbocycles. The number of hydrogen-bond acceptors (Lipinski definition) is 4. The molecule has 0 saturated heterocycles. The Morgan fingerprint density at radius 2 is 2.35 bits per heavy atom. The molecule has 5 nitrogen and oxygen atoms in total. The standard InChI is InChI=1S/C11H14ClN5/c1-2-5-17-11(8(12)6-16-17)10(13)9-3-4-14-7-15-9/h3-4,6-7,10H,2,5,13H2,1H3. The smallest absolute Gasteiger partial charge is 0.115 e. The fourth-order valence-electron chi connectivity index (χ4n) is 1.70. The van der Waals surface area contributed by atoms with Crippen LogP contribution in [0.4, 0.5) is 0 Å². The van der Waals surface area contributed by atoms with Crippen LogP contribution in [0.5, 0.6) is 0 Å². The van der Waals surface area contributed by atoms with Gasteiger partial charge in [-0.3, -0.25) is 4.68 Å². The molecule has 0 aliphatic heterocycles. The first-order valence-electron chi connectivity index (χ1n) is 5.46. The summed E-state index contributed by atoms with van der Waals surface area (Å²) < 4.78 is 1.83. The van der Waals surface area contributed by atoms with Crippen molar-refractivity contribution in [2.45, 2.75) is 25.9 Å². The van der Waals surface area contributed by atoms with Crippen molar-refractivity contribution in [3.05, 3.63) is 41.2 Å². The summed E-state index contributed by atoms with van der Waals surface area (Å²) in [6.45, 7) is 2.87. The first-order valence-corrected chi connectivity index (χ1v) is 5.84. The summed E-state index contributed by atoms with van der Waals surface area (Å²) in [5.41, 5.74) is 7.69. The average Bonchev–Trinajstić information content (AvgIpc) is 2.71. The van der Waals surface area contributed by atoms with Crippen molar-refractivity contribution in [3.63, 3.8) is 0 Å². The molecule has 0 bridgehead atoms. The second kappa shape index (κ2) is 5.25. The molecule has 1 atom stereocenters. The zero-order chi connectivity index (χ0) is 12.3. The molecule has 0 aromatic carbocycles. The maximum Gasteiger partial charge on any atom is 0.115 e. The summed E-state index contributed by atoms with van der Waals surface area (Å²) in [6, 6.07) is 1.41. The van der Waals surface area contributed by atoms with Crippen LogP contribution in [0.25, 0.3) is 0 Å². The van der Waals surface area contributed by atoms with E-state index in [0.717, 1.165) is 24.4 Å². The lowest BCUT2D eigenvalue weighted by Gasteiger charge is -2.13. The van der Waals surface area contributed by atoms with E-state index in [1.165, 1.54) is 6.33 Å². The number of aryl methyl sites for hydroxylation is 1. The van der Waals surface area contributed by atoms with Gasteiger partial charge in [0.1, 0.15) is 6.33 Å². The molecule has 2 rings (SSSR count). The Hall–Kier alpha value is -1.46. The van der Waals surface area contributed by atoms with Crippen molar-refractivity contribution in [2.24, 2.45) is 5.73 Å². The summed E-state index contributed by atoms with van der Waals surface area (Å²) >= 11 is 6.12. The lowest BCUT2D eigenvalue weighted by molar-refractivity contribution is 0.556. The van der Waals surface area contributed by atoms with Crippen LogP contribution >= 0.6 is 11.6 Å². The summed E-state index contributed by atoms with van der Waals surface area (Å²) in [5, 5.41) is 4.79. The van der Waals surface area contributed by atoms with Crippen LogP contribution in [0.3, 0.4) is 0 Å². The van der Waals surface area contributed by atoms with Gasteiger partial charge in [0, 0.05) is 12.7 Å². The number of nitrogens with two attached hydrogens (primary N) is 1. The number of halogens is 1. The van der Waals surface area contributed by atoms with E-state index >= 15 is 0 Å². The van der Waals surface area contributed by atoms with Crippen LogP contribution in [-0.4, -0.2) is 19.7 Å². The molecule has 0 spiro atoms. The van der Waals surface area contributed by atoms with E-state index in [1.807, 2.05) is 4.68 Å². The fourth-order valence-corrected chi connectivity index (χ4v) is 1.95. The van der Waals surface area contributed by atoms with Crippen LogP contribution in [0.2, 0.25) is 5.02 Å². The lowest BCUT2D eigenvalue weighted by Crippen LogP contribution is -2.19. The molecule has 0 fully saturated rings. The van der Waals surface area contributed by atoms with Crippen molar-refractivity contribution in [1.29, 1.82) is 0 Å². The zero-order valence-corrected chi connectivity index (χ0v) is 10.3. The van der Waals surface area contributed by atoms with E-state index < -0.39 is 0 Å². The average molecular weight is 252 g/mol. The second-order valence-corrected chi connectivity index (χ2v) is 4.12. The van der Waals surface area contributed by atoms with E-state index in [9.17, 15) is 0 Å². The van der Waals surface area contributed by atoms with Crippen LogP contribution in [0.1, 0.15) is 30.8 Å². The summed E-state index contributed by atoms with van der Waals surface area (Å²) in [7, 11) is 0. The molecular formula is C11H14ClN5. The van der Waals surface area contributed by atoms with Crippen molar-refractivity contribution < 1.29 is 0 Å². The normalized spacial score (nSPS) is 12.6. The van der Waals surface area contributed by atoms with Gasteiger partial charge in [-0.2, -0.15) is 5.10 Å². The fraction of sp³-hybridized carbons (Fsp3) is 0.364. The van der Waals surface area contributed by atoms with Crippen molar-refractivity contribution in [2.75, 3.05) is 0 Å². The summed E-state index contributed by atoms with van der Waals surface area (Å²) in [6.07, 6.45) is 5.73. The van der Waals surface area contributed by atoms with E-state index in [-0.39, 0.29) is 6.04 Å². The summed E-state index contributed by atoms with van der Waals surface area (Å²) in [5.74, 6) is 0. The molecule has 2 aromatic heterocycles. The number of nitrogens with zero attached hydrogens (tertiary/aromatic N) is 4. The van der Waals surface area contributed by atoms with Crippen LogP contribution in [0.15, 0.2) is 24.8 Å². The molecule has 17 heavy (non-hydrogen) atoms. The third-order valence-electron chi connectivity index (χ3n) is 2.49. The van der Waals surface area contributed by atoms with Crippen LogP contribution in [-0.2, 0) is 6.54 Å². The van der Waals surface area contributed by atoms with E-state index in [1.54, 1.807) is 18.5 Å². The third-order valence-corrected chi connectivity index (χ3v) is 2.78. The highest BCUT2D eigenvalue weighted by atomic mass is 35.5.